The number of piperidine rings is 1. The summed E-state index contributed by atoms with van der Waals surface area (Å²) in [6.45, 7) is 1.32. The highest BCUT2D eigenvalue weighted by molar-refractivity contribution is 8.14. The number of thioether (sulfide) groups is 1. The molecule has 2 bridgehead atoms. The third kappa shape index (κ3) is 3.55. The highest BCUT2D eigenvalue weighted by Crippen LogP contribution is 2.36. The minimum atomic E-state index is -4.74. The van der Waals surface area contributed by atoms with Gasteiger partial charge in [-0.05, 0) is 18.6 Å². The highest BCUT2D eigenvalue weighted by atomic mass is 32.2. The molecular weight excluding hydrogens is 409 g/mol. The second-order valence-corrected chi connectivity index (χ2v) is 8.47. The van der Waals surface area contributed by atoms with Gasteiger partial charge in [-0.25, -0.2) is 0 Å². The lowest BCUT2D eigenvalue weighted by Gasteiger charge is -2.47. The van der Waals surface area contributed by atoms with Crippen LogP contribution in [0.3, 0.4) is 0 Å². The predicted octanol–water partition coefficient (Wildman–Crippen LogP) is 2.17. The summed E-state index contributed by atoms with van der Waals surface area (Å²) in [5, 5.41) is 13.5. The van der Waals surface area contributed by atoms with Crippen molar-refractivity contribution in [2.75, 3.05) is 36.9 Å². The summed E-state index contributed by atoms with van der Waals surface area (Å²) in [4.78, 5) is 11.1. The van der Waals surface area contributed by atoms with Gasteiger partial charge in [0.2, 0.25) is 0 Å². The zero-order chi connectivity index (χ0) is 20.2. The number of aromatic nitrogens is 1. The van der Waals surface area contributed by atoms with Gasteiger partial charge < -0.3 is 24.5 Å². The maximum atomic E-state index is 12.6. The molecule has 0 saturated carbocycles. The molecule has 156 valence electrons. The van der Waals surface area contributed by atoms with Crippen molar-refractivity contribution in [1.29, 1.82) is 0 Å². The van der Waals surface area contributed by atoms with E-state index in [0.717, 1.165) is 35.9 Å². The average Bonchev–Trinajstić information content (AvgIpc) is 3.34. The first-order chi connectivity index (χ1) is 13.9. The Balaban J connectivity index is 1.49. The van der Waals surface area contributed by atoms with Crippen molar-refractivity contribution >= 4 is 33.9 Å². The first-order valence-corrected chi connectivity index (χ1v) is 10.4. The number of halogens is 3. The number of aliphatic hydroxyl groups excluding tert-OH is 1. The molecule has 4 aliphatic rings. The second-order valence-electron chi connectivity index (χ2n) is 7.39. The molecule has 0 aliphatic carbocycles. The number of aliphatic imine (C=N–C) groups is 1. The Bertz CT molecular complexity index is 948. The molecule has 5 heterocycles. The van der Waals surface area contributed by atoms with Gasteiger partial charge in [0.05, 0.1) is 5.56 Å². The Morgan fingerprint density at radius 1 is 1.34 bits per heavy atom. The molecule has 1 aromatic carbocycles. The Morgan fingerprint density at radius 3 is 2.76 bits per heavy atom. The van der Waals surface area contributed by atoms with Crippen LogP contribution in [0.4, 0.5) is 19.2 Å². The third-order valence-electron chi connectivity index (χ3n) is 5.28. The van der Waals surface area contributed by atoms with Crippen LogP contribution >= 0.6 is 11.8 Å². The summed E-state index contributed by atoms with van der Waals surface area (Å²) in [6, 6.07) is 4.50. The fourth-order valence-corrected chi connectivity index (χ4v) is 4.70. The van der Waals surface area contributed by atoms with E-state index in [2.05, 4.69) is 15.3 Å². The van der Waals surface area contributed by atoms with Gasteiger partial charge in [-0.2, -0.15) is 18.2 Å². The summed E-state index contributed by atoms with van der Waals surface area (Å²) in [5.74, 6) is 1.01. The molecule has 0 amide bonds. The van der Waals surface area contributed by atoms with E-state index < -0.39 is 18.9 Å². The molecule has 11 heteroatoms. The van der Waals surface area contributed by atoms with E-state index in [0.29, 0.717) is 35.7 Å². The molecule has 0 spiro atoms. The smallest absolute Gasteiger partial charge is 0.417 e. The number of alkyl halides is 3. The second kappa shape index (κ2) is 7.06. The molecule has 3 unspecified atom stereocenters. The molecule has 4 aliphatic heterocycles. The summed E-state index contributed by atoms with van der Waals surface area (Å²) in [5.41, 5.74) is 1.54. The van der Waals surface area contributed by atoms with E-state index >= 15 is 0 Å². The molecule has 7 nitrogen and oxygen atoms in total. The molecule has 2 N–H and O–H groups in total. The van der Waals surface area contributed by atoms with Crippen LogP contribution in [0, 0.1) is 0 Å². The average molecular weight is 428 g/mol. The topological polar surface area (TPSA) is 83.1 Å². The molecule has 29 heavy (non-hydrogen) atoms. The number of hydrogen-bond donors (Lipinski definition) is 2. The number of hydrogen-bond acceptors (Lipinski definition) is 8. The van der Waals surface area contributed by atoms with Crippen LogP contribution in [0.25, 0.3) is 11.1 Å². The monoisotopic (exact) mass is 428 g/mol. The lowest BCUT2D eigenvalue weighted by atomic mass is 9.92. The summed E-state index contributed by atoms with van der Waals surface area (Å²) < 4.78 is 49.2. The van der Waals surface area contributed by atoms with Gasteiger partial charge in [0.25, 0.3) is 6.01 Å². The number of fused-ring (bicyclic) bond motifs is 3. The van der Waals surface area contributed by atoms with Gasteiger partial charge in [-0.1, -0.05) is 0 Å². The van der Waals surface area contributed by atoms with Crippen LogP contribution in [0.2, 0.25) is 0 Å². The first kappa shape index (κ1) is 19.0. The van der Waals surface area contributed by atoms with Crippen LogP contribution in [-0.4, -0.2) is 71.5 Å². The van der Waals surface area contributed by atoms with Crippen LogP contribution < -0.4 is 15.0 Å². The SMILES string of the molecule is OC(COc1ccc(C2=NCCS2)c2oc(N3CC4CC(C3)N4)nc12)C(F)(F)F. The number of anilines is 1. The van der Waals surface area contributed by atoms with Crippen molar-refractivity contribution < 1.29 is 27.4 Å². The molecule has 3 fully saturated rings. The molecule has 0 radical (unpaired) electrons. The van der Waals surface area contributed by atoms with Crippen LogP contribution in [0.5, 0.6) is 5.75 Å². The normalized spacial score (nSPS) is 25.1. The number of benzene rings is 1. The van der Waals surface area contributed by atoms with Gasteiger partial charge in [0.15, 0.2) is 17.2 Å². The highest BCUT2D eigenvalue weighted by Gasteiger charge is 2.40. The zero-order valence-electron chi connectivity index (χ0n) is 15.3. The zero-order valence-corrected chi connectivity index (χ0v) is 16.1. The predicted molar refractivity (Wildman–Crippen MR) is 103 cm³/mol. The standard InChI is InChI=1S/C18H19F3N4O3S/c19-18(20,21)13(26)8-27-12-2-1-11(16-22-3-4-29-16)15-14(12)24-17(28-15)25-6-9-5-10(7-25)23-9/h1-2,9-10,13,23,26H,3-8H2. The first-order valence-electron chi connectivity index (χ1n) is 9.38. The number of rotatable bonds is 5. The summed E-state index contributed by atoms with van der Waals surface area (Å²) in [7, 11) is 0. The fraction of sp³-hybridized carbons (Fsp3) is 0.556. The van der Waals surface area contributed by atoms with E-state index in [1.165, 1.54) is 0 Å². The van der Waals surface area contributed by atoms with Gasteiger partial charge in [0.1, 0.15) is 17.4 Å². The number of oxazole rings is 1. The Kier molecular flexibility index (Phi) is 4.63. The van der Waals surface area contributed by atoms with Crippen molar-refractivity contribution in [2.45, 2.75) is 30.8 Å². The number of nitrogens with one attached hydrogen (secondary N) is 1. The lowest BCUT2D eigenvalue weighted by Crippen LogP contribution is -2.67. The van der Waals surface area contributed by atoms with E-state index in [-0.39, 0.29) is 5.75 Å². The Hall–Kier alpha value is -1.98. The maximum Gasteiger partial charge on any atom is 0.417 e. The van der Waals surface area contributed by atoms with Crippen LogP contribution in [-0.2, 0) is 0 Å². The maximum absolute atomic E-state index is 12.6. The Morgan fingerprint density at radius 2 is 2.10 bits per heavy atom. The molecule has 3 atom stereocenters. The van der Waals surface area contributed by atoms with Crippen molar-refractivity contribution in [2.24, 2.45) is 4.99 Å². The molecule has 1 aromatic heterocycles. The fourth-order valence-electron chi connectivity index (χ4n) is 3.82. The van der Waals surface area contributed by atoms with Gasteiger partial charge >= 0.3 is 6.18 Å². The molecule has 2 aromatic rings. The van der Waals surface area contributed by atoms with Gasteiger partial charge in [-0.15, -0.1) is 11.8 Å². The van der Waals surface area contributed by atoms with Crippen molar-refractivity contribution in [3.63, 3.8) is 0 Å². The number of nitrogens with zero attached hydrogens (tertiary/aromatic N) is 3. The molecule has 3 saturated heterocycles. The largest absolute Gasteiger partial charge is 0.488 e. The minimum absolute atomic E-state index is 0.144. The molecular formula is C18H19F3N4O3S. The summed E-state index contributed by atoms with van der Waals surface area (Å²) in [6.07, 6.45) is -6.19. The number of aliphatic hydroxyl groups is 1. The van der Waals surface area contributed by atoms with E-state index in [1.807, 2.05) is 4.90 Å². The third-order valence-corrected chi connectivity index (χ3v) is 6.29. The Labute approximate surface area is 168 Å². The van der Waals surface area contributed by atoms with Crippen LogP contribution in [0.1, 0.15) is 12.0 Å². The number of piperazine rings is 1. The lowest BCUT2D eigenvalue weighted by molar-refractivity contribution is -0.210. The summed E-state index contributed by atoms with van der Waals surface area (Å²) >= 11 is 1.60. The van der Waals surface area contributed by atoms with E-state index in [9.17, 15) is 18.3 Å². The molecule has 6 rings (SSSR count). The van der Waals surface area contributed by atoms with Crippen molar-refractivity contribution in [3.05, 3.63) is 17.7 Å². The van der Waals surface area contributed by atoms with E-state index in [1.54, 1.807) is 23.9 Å². The van der Waals surface area contributed by atoms with Gasteiger partial charge in [-0.3, -0.25) is 4.99 Å². The minimum Gasteiger partial charge on any atom is -0.488 e. The van der Waals surface area contributed by atoms with Crippen molar-refractivity contribution in [3.8, 4) is 5.75 Å². The number of ether oxygens (including phenoxy) is 1. The van der Waals surface area contributed by atoms with Crippen LogP contribution in [0.15, 0.2) is 21.5 Å². The van der Waals surface area contributed by atoms with Gasteiger partial charge in [0, 0.05) is 37.5 Å². The van der Waals surface area contributed by atoms with Crippen molar-refractivity contribution in [1.82, 2.24) is 10.3 Å². The quantitative estimate of drug-likeness (QED) is 0.755. The van der Waals surface area contributed by atoms with E-state index in [4.69, 9.17) is 9.15 Å².